The van der Waals surface area contributed by atoms with Crippen LogP contribution >= 0.6 is 12.2 Å². The fourth-order valence-electron chi connectivity index (χ4n) is 3.58. The lowest BCUT2D eigenvalue weighted by atomic mass is 10.1. The normalized spacial score (nSPS) is 19.6. The molecule has 0 N–H and O–H groups in total. The Morgan fingerprint density at radius 3 is 2.46 bits per heavy atom. The fraction of sp³-hybridized carbons (Fsp3) is 0.765. The van der Waals surface area contributed by atoms with Gasteiger partial charge < -0.3 is 0 Å². The van der Waals surface area contributed by atoms with Gasteiger partial charge >= 0.3 is 0 Å². The van der Waals surface area contributed by atoms with Gasteiger partial charge in [-0.3, -0.25) is 9.58 Å². The monoisotopic (exact) mass is 427 g/mol. The Hall–Kier alpha value is -1.59. The van der Waals surface area contributed by atoms with Crippen LogP contribution < -0.4 is 0 Å². The first kappa shape index (κ1) is 21.1. The zero-order valence-corrected chi connectivity index (χ0v) is 19.0. The molecule has 3 rings (SSSR count). The van der Waals surface area contributed by atoms with Gasteiger partial charge in [0.2, 0.25) is 4.77 Å². The van der Waals surface area contributed by atoms with Crippen molar-refractivity contribution >= 4 is 22.1 Å². The molecule has 0 aromatic carbocycles. The number of tetrazole rings is 1. The highest BCUT2D eigenvalue weighted by Gasteiger charge is 2.31. The minimum absolute atomic E-state index is 0.0666. The molecule has 1 fully saturated rings. The number of hydrogen-bond acceptors (Lipinski definition) is 7. The Bertz CT molecular complexity index is 1030. The Kier molecular flexibility index (Phi) is 5.54. The highest BCUT2D eigenvalue weighted by molar-refractivity contribution is 7.91. The van der Waals surface area contributed by atoms with Gasteiger partial charge in [-0.15, -0.1) is 0 Å². The Morgan fingerprint density at radius 2 is 1.93 bits per heavy atom. The standard InChI is InChI=1S/C17H29N7O2S2/c1-12-15(13(2)23(18-12)14-7-8-28(25,26)10-14)9-21(6)11-22-16(27)24(20-19-22)17(3,4)5/h14H,7-11H2,1-6H3. The molecule has 28 heavy (non-hydrogen) atoms. The number of aryl methyl sites for hydroxylation is 1. The van der Waals surface area contributed by atoms with Gasteiger partial charge in [-0.25, -0.2) is 17.8 Å². The summed E-state index contributed by atoms with van der Waals surface area (Å²) in [4.78, 5) is 2.10. The molecule has 0 spiro atoms. The van der Waals surface area contributed by atoms with E-state index in [1.54, 1.807) is 9.36 Å². The summed E-state index contributed by atoms with van der Waals surface area (Å²) in [5.41, 5.74) is 2.84. The molecule has 0 amide bonds. The summed E-state index contributed by atoms with van der Waals surface area (Å²) in [6.07, 6.45) is 0.630. The molecule has 9 nitrogen and oxygen atoms in total. The Balaban J connectivity index is 1.76. The third-order valence-electron chi connectivity index (χ3n) is 5.11. The molecule has 1 saturated heterocycles. The van der Waals surface area contributed by atoms with E-state index in [-0.39, 0.29) is 23.1 Å². The van der Waals surface area contributed by atoms with Gasteiger partial charge in [0, 0.05) is 17.8 Å². The predicted octanol–water partition coefficient (Wildman–Crippen LogP) is 1.83. The van der Waals surface area contributed by atoms with Crippen molar-refractivity contribution in [3.63, 3.8) is 0 Å². The molecule has 1 aliphatic heterocycles. The third-order valence-corrected chi connectivity index (χ3v) is 7.24. The zero-order valence-electron chi connectivity index (χ0n) is 17.4. The van der Waals surface area contributed by atoms with Gasteiger partial charge in [-0.1, -0.05) is 0 Å². The number of sulfone groups is 1. The van der Waals surface area contributed by atoms with Crippen LogP contribution in [0.2, 0.25) is 0 Å². The molecular formula is C17H29N7O2S2. The van der Waals surface area contributed by atoms with Crippen LogP contribution in [0, 0.1) is 18.6 Å². The second-order valence-electron chi connectivity index (χ2n) is 8.65. The van der Waals surface area contributed by atoms with E-state index in [1.807, 2.05) is 46.3 Å². The van der Waals surface area contributed by atoms with Crippen LogP contribution in [0.25, 0.3) is 0 Å². The summed E-state index contributed by atoms with van der Waals surface area (Å²) in [5.74, 6) is 0.419. The van der Waals surface area contributed by atoms with Crippen LogP contribution in [0.3, 0.4) is 0 Å². The second-order valence-corrected chi connectivity index (χ2v) is 11.2. The van der Waals surface area contributed by atoms with Gasteiger partial charge in [0.25, 0.3) is 0 Å². The first-order valence-electron chi connectivity index (χ1n) is 9.36. The second kappa shape index (κ2) is 7.34. The SMILES string of the molecule is Cc1nn(C2CCS(=O)(=O)C2)c(C)c1CN(C)Cn1nnn(C(C)(C)C)c1=S. The summed E-state index contributed by atoms with van der Waals surface area (Å²) < 4.78 is 29.6. The van der Waals surface area contributed by atoms with E-state index in [2.05, 4.69) is 20.4 Å². The summed E-state index contributed by atoms with van der Waals surface area (Å²) >= 11 is 5.51. The number of aromatic nitrogens is 6. The van der Waals surface area contributed by atoms with E-state index in [0.29, 0.717) is 24.4 Å². The number of rotatable bonds is 5. The average Bonchev–Trinajstić information content (AvgIpc) is 3.19. The number of nitrogens with zero attached hydrogens (tertiary/aromatic N) is 7. The minimum Gasteiger partial charge on any atom is -0.283 e. The highest BCUT2D eigenvalue weighted by Crippen LogP contribution is 2.27. The summed E-state index contributed by atoms with van der Waals surface area (Å²) in [7, 11) is -0.952. The van der Waals surface area contributed by atoms with Gasteiger partial charge in [0.1, 0.15) is 0 Å². The zero-order chi connectivity index (χ0) is 20.9. The van der Waals surface area contributed by atoms with Gasteiger partial charge in [0.15, 0.2) is 9.84 Å². The molecule has 0 radical (unpaired) electrons. The van der Waals surface area contributed by atoms with Crippen molar-refractivity contribution < 1.29 is 8.42 Å². The van der Waals surface area contributed by atoms with Crippen LogP contribution in [0.4, 0.5) is 0 Å². The van der Waals surface area contributed by atoms with E-state index in [9.17, 15) is 8.42 Å². The summed E-state index contributed by atoms with van der Waals surface area (Å²) in [6.45, 7) is 11.3. The van der Waals surface area contributed by atoms with Gasteiger partial charge in [-0.2, -0.15) is 5.10 Å². The molecule has 0 bridgehead atoms. The molecule has 156 valence electrons. The van der Waals surface area contributed by atoms with Crippen molar-refractivity contribution in [3.05, 3.63) is 21.7 Å². The topological polar surface area (TPSA) is 90.8 Å². The van der Waals surface area contributed by atoms with E-state index in [1.165, 1.54) is 0 Å². The van der Waals surface area contributed by atoms with Crippen LogP contribution in [-0.4, -0.2) is 61.4 Å². The fourth-order valence-corrected chi connectivity index (χ4v) is 5.68. The van der Waals surface area contributed by atoms with Gasteiger partial charge in [-0.05, 0) is 70.7 Å². The lowest BCUT2D eigenvalue weighted by Gasteiger charge is -2.19. The molecule has 0 saturated carbocycles. The first-order valence-corrected chi connectivity index (χ1v) is 11.6. The highest BCUT2D eigenvalue weighted by atomic mass is 32.2. The maximum Gasteiger partial charge on any atom is 0.217 e. The van der Waals surface area contributed by atoms with Crippen molar-refractivity contribution in [1.29, 1.82) is 0 Å². The smallest absolute Gasteiger partial charge is 0.217 e. The van der Waals surface area contributed by atoms with Crippen molar-refractivity contribution in [2.45, 2.75) is 65.8 Å². The Labute approximate surface area is 171 Å². The molecule has 2 aromatic rings. The van der Waals surface area contributed by atoms with Gasteiger partial charge in [0.05, 0.1) is 35.4 Å². The summed E-state index contributed by atoms with van der Waals surface area (Å²) in [5, 5.41) is 13.0. The molecule has 1 unspecified atom stereocenters. The quantitative estimate of drug-likeness (QED) is 0.672. The molecule has 2 aromatic heterocycles. The van der Waals surface area contributed by atoms with Crippen molar-refractivity contribution in [3.8, 4) is 0 Å². The van der Waals surface area contributed by atoms with Crippen molar-refractivity contribution in [2.75, 3.05) is 18.6 Å². The van der Waals surface area contributed by atoms with E-state index >= 15 is 0 Å². The van der Waals surface area contributed by atoms with E-state index in [0.717, 1.165) is 17.0 Å². The molecule has 1 atom stereocenters. The number of hydrogen-bond donors (Lipinski definition) is 0. The lowest BCUT2D eigenvalue weighted by Crippen LogP contribution is -2.25. The molecule has 0 aliphatic carbocycles. The maximum absolute atomic E-state index is 11.8. The molecule has 11 heteroatoms. The van der Waals surface area contributed by atoms with Crippen LogP contribution in [0.5, 0.6) is 0 Å². The molecule has 3 heterocycles. The van der Waals surface area contributed by atoms with Crippen LogP contribution in [-0.2, 0) is 28.6 Å². The first-order chi connectivity index (χ1) is 12.9. The Morgan fingerprint density at radius 1 is 1.25 bits per heavy atom. The molecular weight excluding hydrogens is 398 g/mol. The van der Waals surface area contributed by atoms with Crippen LogP contribution in [0.1, 0.15) is 50.2 Å². The van der Waals surface area contributed by atoms with E-state index in [4.69, 9.17) is 12.2 Å². The van der Waals surface area contributed by atoms with Crippen LogP contribution in [0.15, 0.2) is 0 Å². The van der Waals surface area contributed by atoms with E-state index < -0.39 is 9.84 Å². The predicted molar refractivity (Wildman–Crippen MR) is 109 cm³/mol. The van der Waals surface area contributed by atoms with Crippen molar-refractivity contribution in [1.82, 2.24) is 34.5 Å². The third kappa shape index (κ3) is 4.20. The largest absolute Gasteiger partial charge is 0.283 e. The summed E-state index contributed by atoms with van der Waals surface area (Å²) in [6, 6.07) is -0.0666. The minimum atomic E-state index is -2.95. The lowest BCUT2D eigenvalue weighted by molar-refractivity contribution is 0.240. The maximum atomic E-state index is 11.8. The average molecular weight is 428 g/mol. The molecule has 1 aliphatic rings. The van der Waals surface area contributed by atoms with Crippen molar-refractivity contribution in [2.24, 2.45) is 0 Å².